The van der Waals surface area contributed by atoms with Crippen molar-refractivity contribution in [3.05, 3.63) is 24.0 Å². The number of rotatable bonds is 2. The van der Waals surface area contributed by atoms with Crippen LogP contribution >= 0.6 is 0 Å². The van der Waals surface area contributed by atoms with Crippen molar-refractivity contribution >= 4 is 16.9 Å². The second-order valence-electron chi connectivity index (χ2n) is 2.88. The van der Waals surface area contributed by atoms with Crippen LogP contribution in [-0.4, -0.2) is 21.3 Å². The van der Waals surface area contributed by atoms with Gasteiger partial charge in [0.15, 0.2) is 5.76 Å². The van der Waals surface area contributed by atoms with Crippen LogP contribution in [0.4, 0.5) is 0 Å². The molecule has 0 aliphatic carbocycles. The Morgan fingerprint density at radius 2 is 2.29 bits per heavy atom. The van der Waals surface area contributed by atoms with Gasteiger partial charge in [0.1, 0.15) is 17.7 Å². The number of fused-ring (bicyclic) bond motifs is 1. The zero-order valence-corrected chi connectivity index (χ0v) is 7.10. The third-order valence-corrected chi connectivity index (χ3v) is 1.85. The Hall–Kier alpha value is -2.04. The van der Waals surface area contributed by atoms with Crippen molar-refractivity contribution in [1.82, 2.24) is 5.16 Å². The van der Waals surface area contributed by atoms with Gasteiger partial charge in [-0.15, -0.1) is 0 Å². The van der Waals surface area contributed by atoms with Gasteiger partial charge in [0, 0.05) is 5.39 Å². The highest BCUT2D eigenvalue weighted by molar-refractivity contribution is 5.85. The van der Waals surface area contributed by atoms with E-state index in [1.165, 1.54) is 12.1 Å². The molecule has 72 valence electrons. The molecule has 2 aromatic rings. The summed E-state index contributed by atoms with van der Waals surface area (Å²) in [4.78, 5) is 10.4. The topological polar surface area (TPSA) is 83.6 Å². The fourth-order valence-electron chi connectivity index (χ4n) is 1.25. The third kappa shape index (κ3) is 1.39. The summed E-state index contributed by atoms with van der Waals surface area (Å²) in [5, 5.41) is 22.0. The van der Waals surface area contributed by atoms with Crippen LogP contribution in [0.5, 0.6) is 5.75 Å². The number of carboxylic acid groups (broad SMARTS) is 1. The molecule has 0 saturated carbocycles. The van der Waals surface area contributed by atoms with E-state index in [1.807, 2.05) is 0 Å². The van der Waals surface area contributed by atoms with E-state index in [2.05, 4.69) is 5.16 Å². The third-order valence-electron chi connectivity index (χ3n) is 1.85. The number of carboxylic acids is 1. The van der Waals surface area contributed by atoms with Crippen molar-refractivity contribution in [2.45, 2.75) is 6.42 Å². The van der Waals surface area contributed by atoms with Crippen LogP contribution in [0.3, 0.4) is 0 Å². The minimum absolute atomic E-state index is 0.0624. The number of nitrogens with zero attached hydrogens (tertiary/aromatic N) is 1. The van der Waals surface area contributed by atoms with Crippen molar-refractivity contribution in [2.24, 2.45) is 0 Å². The molecule has 1 heterocycles. The zero-order chi connectivity index (χ0) is 10.1. The molecular weight excluding hydrogens is 186 g/mol. The Kier molecular flexibility index (Phi) is 1.85. The van der Waals surface area contributed by atoms with Crippen LogP contribution < -0.4 is 0 Å². The number of hydrogen-bond acceptors (Lipinski definition) is 4. The lowest BCUT2D eigenvalue weighted by Gasteiger charge is -1.92. The molecule has 0 radical (unpaired) electrons. The Labute approximate surface area is 78.6 Å². The minimum atomic E-state index is -0.994. The number of aromatic nitrogens is 1. The predicted octanol–water partition coefficient (Wildman–Crippen LogP) is 1.16. The number of phenolic OH excluding ortho intramolecular Hbond substituents is 1. The van der Waals surface area contributed by atoms with Gasteiger partial charge in [-0.05, 0) is 18.2 Å². The van der Waals surface area contributed by atoms with Gasteiger partial charge < -0.3 is 14.7 Å². The van der Waals surface area contributed by atoms with Crippen molar-refractivity contribution in [2.75, 3.05) is 0 Å². The standard InChI is InChI=1S/C9H7NO4/c11-5-1-2-7-6(3-5)8(14-10-7)4-9(12)13/h1-3,11H,4H2,(H,12,13). The minimum Gasteiger partial charge on any atom is -0.508 e. The summed E-state index contributed by atoms with van der Waals surface area (Å²) in [5.41, 5.74) is 0.541. The molecule has 5 heteroatoms. The normalized spacial score (nSPS) is 10.6. The van der Waals surface area contributed by atoms with E-state index in [1.54, 1.807) is 6.07 Å². The second-order valence-corrected chi connectivity index (χ2v) is 2.88. The predicted molar refractivity (Wildman–Crippen MR) is 47.0 cm³/mol. The first-order valence-electron chi connectivity index (χ1n) is 3.96. The Morgan fingerprint density at radius 3 is 3.00 bits per heavy atom. The number of aliphatic carboxylic acids is 1. The average molecular weight is 193 g/mol. The van der Waals surface area contributed by atoms with Gasteiger partial charge in [-0.3, -0.25) is 4.79 Å². The van der Waals surface area contributed by atoms with E-state index in [0.717, 1.165) is 0 Å². The van der Waals surface area contributed by atoms with Crippen molar-refractivity contribution in [1.29, 1.82) is 0 Å². The van der Waals surface area contributed by atoms with E-state index < -0.39 is 5.97 Å². The Balaban J connectivity index is 2.55. The second kappa shape index (κ2) is 3.02. The summed E-state index contributed by atoms with van der Waals surface area (Å²) in [6.45, 7) is 0. The van der Waals surface area contributed by atoms with Gasteiger partial charge in [-0.1, -0.05) is 5.16 Å². The van der Waals surface area contributed by atoms with E-state index in [-0.39, 0.29) is 17.9 Å². The van der Waals surface area contributed by atoms with Gasteiger partial charge in [0.2, 0.25) is 0 Å². The molecule has 0 aliphatic rings. The Bertz CT molecular complexity index is 489. The number of hydrogen-bond donors (Lipinski definition) is 2. The molecule has 1 aromatic heterocycles. The average Bonchev–Trinajstić information content (AvgIpc) is 2.47. The van der Waals surface area contributed by atoms with Crippen molar-refractivity contribution in [3.8, 4) is 5.75 Å². The maximum Gasteiger partial charge on any atom is 0.311 e. The first-order chi connectivity index (χ1) is 6.66. The summed E-state index contributed by atoms with van der Waals surface area (Å²) < 4.78 is 4.84. The molecule has 0 fully saturated rings. The zero-order valence-electron chi connectivity index (χ0n) is 7.10. The molecule has 5 nitrogen and oxygen atoms in total. The summed E-state index contributed by atoms with van der Waals surface area (Å²) in [5.74, 6) is -0.679. The monoisotopic (exact) mass is 193 g/mol. The van der Waals surface area contributed by atoms with Gasteiger partial charge in [0.05, 0.1) is 0 Å². The smallest absolute Gasteiger partial charge is 0.311 e. The lowest BCUT2D eigenvalue weighted by molar-refractivity contribution is -0.136. The highest BCUT2D eigenvalue weighted by atomic mass is 16.5. The number of aromatic hydroxyl groups is 1. The van der Waals surface area contributed by atoms with Gasteiger partial charge in [-0.25, -0.2) is 0 Å². The van der Waals surface area contributed by atoms with Crippen LogP contribution in [0.15, 0.2) is 22.7 Å². The van der Waals surface area contributed by atoms with Gasteiger partial charge in [0.25, 0.3) is 0 Å². The van der Waals surface area contributed by atoms with Crippen LogP contribution in [0.1, 0.15) is 5.76 Å². The number of phenols is 1. The van der Waals surface area contributed by atoms with Crippen LogP contribution in [0, 0.1) is 0 Å². The first kappa shape index (κ1) is 8.55. The summed E-state index contributed by atoms with van der Waals surface area (Å²) in [6.07, 6.45) is -0.236. The number of carbonyl (C=O) groups is 1. The van der Waals surface area contributed by atoms with E-state index in [4.69, 9.17) is 9.63 Å². The molecule has 14 heavy (non-hydrogen) atoms. The lowest BCUT2D eigenvalue weighted by Crippen LogP contribution is -1.98. The molecule has 2 N–H and O–H groups in total. The first-order valence-corrected chi connectivity index (χ1v) is 3.96. The van der Waals surface area contributed by atoms with E-state index in [0.29, 0.717) is 10.9 Å². The number of benzene rings is 1. The fourth-order valence-corrected chi connectivity index (χ4v) is 1.25. The fraction of sp³-hybridized carbons (Fsp3) is 0.111. The molecule has 0 saturated heterocycles. The molecule has 0 amide bonds. The summed E-state index contributed by atoms with van der Waals surface area (Å²) in [7, 11) is 0. The highest BCUT2D eigenvalue weighted by Gasteiger charge is 2.11. The summed E-state index contributed by atoms with van der Waals surface area (Å²) in [6, 6.07) is 4.47. The molecule has 0 unspecified atom stereocenters. The van der Waals surface area contributed by atoms with E-state index in [9.17, 15) is 9.90 Å². The molecule has 0 spiro atoms. The highest BCUT2D eigenvalue weighted by Crippen LogP contribution is 2.23. The lowest BCUT2D eigenvalue weighted by atomic mass is 10.2. The Morgan fingerprint density at radius 1 is 1.50 bits per heavy atom. The maximum atomic E-state index is 10.4. The van der Waals surface area contributed by atoms with Crippen LogP contribution in [0.2, 0.25) is 0 Å². The molecule has 1 aromatic carbocycles. The quantitative estimate of drug-likeness (QED) is 0.747. The summed E-state index contributed by atoms with van der Waals surface area (Å²) >= 11 is 0. The molecule has 0 aliphatic heterocycles. The van der Waals surface area contributed by atoms with Gasteiger partial charge in [-0.2, -0.15) is 0 Å². The molecule has 2 rings (SSSR count). The molecular formula is C9H7NO4. The van der Waals surface area contributed by atoms with Crippen molar-refractivity contribution < 1.29 is 19.5 Å². The van der Waals surface area contributed by atoms with Crippen LogP contribution in [-0.2, 0) is 11.2 Å². The molecule has 0 bridgehead atoms. The maximum absolute atomic E-state index is 10.4. The van der Waals surface area contributed by atoms with Crippen molar-refractivity contribution in [3.63, 3.8) is 0 Å². The van der Waals surface area contributed by atoms with Crippen LogP contribution in [0.25, 0.3) is 10.9 Å². The van der Waals surface area contributed by atoms with Gasteiger partial charge >= 0.3 is 5.97 Å². The molecule has 0 atom stereocenters. The SMILES string of the molecule is O=C(O)Cc1onc2ccc(O)cc12. The largest absolute Gasteiger partial charge is 0.508 e. The van der Waals surface area contributed by atoms with E-state index >= 15 is 0 Å².